The van der Waals surface area contributed by atoms with Crippen LogP contribution in [0.25, 0.3) is 10.2 Å². The highest BCUT2D eigenvalue weighted by atomic mass is 32.1. The third-order valence-electron chi connectivity index (χ3n) is 4.46. The summed E-state index contributed by atoms with van der Waals surface area (Å²) in [6.07, 6.45) is 7.90. The number of aryl methyl sites for hydroxylation is 2. The molecule has 6 nitrogen and oxygen atoms in total. The largest absolute Gasteiger partial charge is 0.344 e. The van der Waals surface area contributed by atoms with Gasteiger partial charge >= 0.3 is 0 Å². The summed E-state index contributed by atoms with van der Waals surface area (Å²) in [4.78, 5) is 34.9. The fourth-order valence-electron chi connectivity index (χ4n) is 2.96. The normalized spacial score (nSPS) is 12.3. The van der Waals surface area contributed by atoms with Crippen LogP contribution in [-0.4, -0.2) is 20.4 Å². The second-order valence-corrected chi connectivity index (χ2v) is 7.35. The Morgan fingerprint density at radius 2 is 2.23 bits per heavy atom. The van der Waals surface area contributed by atoms with Gasteiger partial charge in [0.25, 0.3) is 11.5 Å². The number of thiophene rings is 1. The van der Waals surface area contributed by atoms with E-state index in [9.17, 15) is 9.59 Å². The van der Waals surface area contributed by atoms with Crippen LogP contribution in [0, 0.1) is 6.92 Å². The molecule has 0 bridgehead atoms. The first kappa shape index (κ1) is 18.3. The molecular weight excluding hydrogens is 348 g/mol. The molecule has 3 aromatic rings. The molecule has 0 fully saturated rings. The van der Waals surface area contributed by atoms with Crippen LogP contribution in [0.15, 0.2) is 35.6 Å². The van der Waals surface area contributed by atoms with Crippen molar-refractivity contribution in [2.75, 3.05) is 0 Å². The van der Waals surface area contributed by atoms with Gasteiger partial charge in [0.05, 0.1) is 22.6 Å². The molecule has 1 amide bonds. The molecule has 0 aliphatic carbocycles. The van der Waals surface area contributed by atoms with Gasteiger partial charge in [-0.25, -0.2) is 4.98 Å². The Balaban J connectivity index is 1.93. The highest BCUT2D eigenvalue weighted by molar-refractivity contribution is 7.20. The van der Waals surface area contributed by atoms with Crippen molar-refractivity contribution in [3.05, 3.63) is 57.2 Å². The third kappa shape index (κ3) is 3.53. The van der Waals surface area contributed by atoms with Gasteiger partial charge in [-0.05, 0) is 30.5 Å². The number of hydrogen-bond donors (Lipinski definition) is 1. The molecule has 0 aliphatic rings. The van der Waals surface area contributed by atoms with Crippen LogP contribution < -0.4 is 10.9 Å². The standard InChI is InChI=1S/C19H22N4O2S/c1-4-5-8-14(13-7-6-9-20-10-13)22-17(24)16-12(2)15-18(26-16)21-11-23(3)19(15)25/h6-7,9-11,14H,4-5,8H2,1-3H3,(H,22,24)/t14-/m0/s1. The van der Waals surface area contributed by atoms with Crippen molar-refractivity contribution >= 4 is 27.5 Å². The number of hydrogen-bond acceptors (Lipinski definition) is 5. The van der Waals surface area contributed by atoms with Gasteiger partial charge in [0.1, 0.15) is 4.83 Å². The molecule has 26 heavy (non-hydrogen) atoms. The molecule has 3 rings (SSSR count). The van der Waals surface area contributed by atoms with E-state index in [4.69, 9.17) is 0 Å². The van der Waals surface area contributed by atoms with Crippen molar-refractivity contribution in [1.82, 2.24) is 19.9 Å². The van der Waals surface area contributed by atoms with Gasteiger partial charge in [-0.1, -0.05) is 25.8 Å². The lowest BCUT2D eigenvalue weighted by molar-refractivity contribution is 0.0937. The summed E-state index contributed by atoms with van der Waals surface area (Å²) in [6.45, 7) is 3.93. The van der Waals surface area contributed by atoms with Gasteiger partial charge < -0.3 is 9.88 Å². The maximum atomic E-state index is 12.9. The zero-order valence-corrected chi connectivity index (χ0v) is 16.0. The number of pyridine rings is 1. The quantitative estimate of drug-likeness (QED) is 0.722. The Morgan fingerprint density at radius 3 is 2.92 bits per heavy atom. The SMILES string of the molecule is CCCC[C@H](NC(=O)c1sc2ncn(C)c(=O)c2c1C)c1cccnc1. The predicted octanol–water partition coefficient (Wildman–Crippen LogP) is 3.36. The number of carbonyl (C=O) groups excluding carboxylic acids is 1. The second kappa shape index (κ2) is 7.78. The summed E-state index contributed by atoms with van der Waals surface area (Å²) >= 11 is 1.26. The minimum Gasteiger partial charge on any atom is -0.344 e. The van der Waals surface area contributed by atoms with Crippen LogP contribution in [0.2, 0.25) is 0 Å². The molecule has 0 aromatic carbocycles. The molecule has 0 spiro atoms. The van der Waals surface area contributed by atoms with E-state index in [0.717, 1.165) is 24.8 Å². The maximum absolute atomic E-state index is 12.9. The van der Waals surface area contributed by atoms with Crippen molar-refractivity contribution < 1.29 is 4.79 Å². The van der Waals surface area contributed by atoms with E-state index in [1.165, 1.54) is 22.2 Å². The summed E-state index contributed by atoms with van der Waals surface area (Å²) in [6, 6.07) is 3.75. The maximum Gasteiger partial charge on any atom is 0.262 e. The highest BCUT2D eigenvalue weighted by Gasteiger charge is 2.22. The average molecular weight is 370 g/mol. The molecule has 0 unspecified atom stereocenters. The van der Waals surface area contributed by atoms with Crippen LogP contribution >= 0.6 is 11.3 Å². The topological polar surface area (TPSA) is 76.9 Å². The fourth-order valence-corrected chi connectivity index (χ4v) is 4.00. The lowest BCUT2D eigenvalue weighted by atomic mass is 10.0. The number of carbonyl (C=O) groups is 1. The molecule has 1 atom stereocenters. The van der Waals surface area contributed by atoms with Gasteiger partial charge in [0.2, 0.25) is 0 Å². The number of rotatable bonds is 6. The molecule has 3 heterocycles. The molecule has 0 aliphatic heterocycles. The molecule has 0 radical (unpaired) electrons. The molecule has 1 N–H and O–H groups in total. The molecule has 0 saturated carbocycles. The number of nitrogens with zero attached hydrogens (tertiary/aromatic N) is 3. The molecular formula is C19H22N4O2S. The number of unbranched alkanes of at least 4 members (excludes halogenated alkanes) is 1. The van der Waals surface area contributed by atoms with Crippen molar-refractivity contribution in [3.8, 4) is 0 Å². The van der Waals surface area contributed by atoms with E-state index in [1.807, 2.05) is 19.1 Å². The predicted molar refractivity (Wildman–Crippen MR) is 104 cm³/mol. The smallest absolute Gasteiger partial charge is 0.262 e. The molecule has 3 aromatic heterocycles. The first-order valence-electron chi connectivity index (χ1n) is 8.68. The Bertz CT molecular complexity index is 978. The van der Waals surface area contributed by atoms with E-state index < -0.39 is 0 Å². The molecule has 136 valence electrons. The highest BCUT2D eigenvalue weighted by Crippen LogP contribution is 2.28. The first-order chi connectivity index (χ1) is 12.5. The van der Waals surface area contributed by atoms with Crippen molar-refractivity contribution in [1.29, 1.82) is 0 Å². The fraction of sp³-hybridized carbons (Fsp3) is 0.368. The first-order valence-corrected chi connectivity index (χ1v) is 9.50. The van der Waals surface area contributed by atoms with Crippen LogP contribution in [0.5, 0.6) is 0 Å². The van der Waals surface area contributed by atoms with Gasteiger partial charge in [-0.3, -0.25) is 14.6 Å². The monoisotopic (exact) mass is 370 g/mol. The van der Waals surface area contributed by atoms with Crippen LogP contribution in [0.1, 0.15) is 53.0 Å². The van der Waals surface area contributed by atoms with E-state index in [0.29, 0.717) is 20.7 Å². The molecule has 7 heteroatoms. The van der Waals surface area contributed by atoms with Crippen molar-refractivity contribution in [2.24, 2.45) is 7.05 Å². The Kier molecular flexibility index (Phi) is 5.46. The zero-order valence-electron chi connectivity index (χ0n) is 15.2. The van der Waals surface area contributed by atoms with E-state index in [1.54, 1.807) is 19.4 Å². The molecule has 0 saturated heterocycles. The number of fused-ring (bicyclic) bond motifs is 1. The Morgan fingerprint density at radius 1 is 1.42 bits per heavy atom. The van der Waals surface area contributed by atoms with Crippen molar-refractivity contribution in [3.63, 3.8) is 0 Å². The van der Waals surface area contributed by atoms with E-state index in [2.05, 4.69) is 22.2 Å². The zero-order chi connectivity index (χ0) is 18.7. The van der Waals surface area contributed by atoms with E-state index in [-0.39, 0.29) is 17.5 Å². The van der Waals surface area contributed by atoms with Gasteiger partial charge in [0.15, 0.2) is 0 Å². The summed E-state index contributed by atoms with van der Waals surface area (Å²) < 4.78 is 1.43. The van der Waals surface area contributed by atoms with Gasteiger partial charge in [0, 0.05) is 19.4 Å². The van der Waals surface area contributed by atoms with Crippen LogP contribution in [0.3, 0.4) is 0 Å². The lowest BCUT2D eigenvalue weighted by Gasteiger charge is -2.18. The lowest BCUT2D eigenvalue weighted by Crippen LogP contribution is -2.28. The minimum atomic E-state index is -0.169. The summed E-state index contributed by atoms with van der Waals surface area (Å²) in [5.41, 5.74) is 1.55. The Hall–Kier alpha value is -2.54. The summed E-state index contributed by atoms with van der Waals surface area (Å²) in [7, 11) is 1.66. The van der Waals surface area contributed by atoms with Crippen LogP contribution in [-0.2, 0) is 7.05 Å². The Labute approximate surface area is 155 Å². The summed E-state index contributed by atoms with van der Waals surface area (Å²) in [5.74, 6) is -0.169. The number of amides is 1. The summed E-state index contributed by atoms with van der Waals surface area (Å²) in [5, 5.41) is 3.64. The number of nitrogens with one attached hydrogen (secondary N) is 1. The van der Waals surface area contributed by atoms with Crippen LogP contribution in [0.4, 0.5) is 0 Å². The second-order valence-electron chi connectivity index (χ2n) is 6.35. The third-order valence-corrected chi connectivity index (χ3v) is 5.65. The average Bonchev–Trinajstić information content (AvgIpc) is 2.99. The van der Waals surface area contributed by atoms with E-state index >= 15 is 0 Å². The van der Waals surface area contributed by atoms with Crippen molar-refractivity contribution in [2.45, 2.75) is 39.2 Å². The van der Waals surface area contributed by atoms with Gasteiger partial charge in [-0.15, -0.1) is 11.3 Å². The number of aromatic nitrogens is 3. The minimum absolute atomic E-state index is 0.100. The van der Waals surface area contributed by atoms with Gasteiger partial charge in [-0.2, -0.15) is 0 Å².